The molecule has 178 valence electrons. The van der Waals surface area contributed by atoms with Crippen molar-refractivity contribution in [2.75, 3.05) is 12.9 Å². The first-order valence-electron chi connectivity index (χ1n) is 10.7. The van der Waals surface area contributed by atoms with Crippen molar-refractivity contribution in [3.8, 4) is 0 Å². The zero-order valence-electron chi connectivity index (χ0n) is 18.4. The predicted octanol–water partition coefficient (Wildman–Crippen LogP) is 1.46. The predicted molar refractivity (Wildman–Crippen MR) is 119 cm³/mol. The summed E-state index contributed by atoms with van der Waals surface area (Å²) in [6, 6.07) is 17.2. The van der Waals surface area contributed by atoms with E-state index in [4.69, 9.17) is 18.9 Å². The van der Waals surface area contributed by atoms with Crippen molar-refractivity contribution < 1.29 is 32.2 Å². The zero-order chi connectivity index (χ0) is 23.4. The average molecular weight is 477 g/mol. The van der Waals surface area contributed by atoms with Gasteiger partial charge in [0.25, 0.3) is 0 Å². The number of amides is 1. The van der Waals surface area contributed by atoms with E-state index in [1.165, 1.54) is 6.92 Å². The highest BCUT2D eigenvalue weighted by Crippen LogP contribution is 2.35. The Morgan fingerprint density at radius 1 is 1.03 bits per heavy atom. The van der Waals surface area contributed by atoms with Gasteiger partial charge in [-0.05, 0) is 5.56 Å². The second-order valence-electron chi connectivity index (χ2n) is 8.16. The van der Waals surface area contributed by atoms with Crippen molar-refractivity contribution in [2.45, 2.75) is 50.4 Å². The lowest BCUT2D eigenvalue weighted by Crippen LogP contribution is -2.71. The molecule has 33 heavy (non-hydrogen) atoms. The normalized spacial score (nSPS) is 29.8. The lowest BCUT2D eigenvalue weighted by atomic mass is 9.93. The fourth-order valence-electron chi connectivity index (χ4n) is 4.07. The average Bonchev–Trinajstić information content (AvgIpc) is 2.79. The summed E-state index contributed by atoms with van der Waals surface area (Å²) in [6.45, 7) is 1.75. The van der Waals surface area contributed by atoms with Crippen molar-refractivity contribution in [3.05, 3.63) is 71.8 Å². The molecule has 2 aromatic carbocycles. The third-order valence-corrected chi connectivity index (χ3v) is 6.15. The largest absolute Gasteiger partial charge is 0.347 e. The summed E-state index contributed by atoms with van der Waals surface area (Å²) in [6.07, 6.45) is -1.87. The van der Waals surface area contributed by atoms with Gasteiger partial charge in [0.15, 0.2) is 12.6 Å². The molecule has 6 unspecified atom stereocenters. The molecule has 4 rings (SSSR count). The van der Waals surface area contributed by atoms with Gasteiger partial charge in [-0.1, -0.05) is 60.7 Å². The molecular formula is C23H28N2O7S. The number of rotatable bonds is 7. The van der Waals surface area contributed by atoms with E-state index in [1.807, 2.05) is 60.7 Å². The maximum atomic E-state index is 12.3. The molecule has 10 heteroatoms. The van der Waals surface area contributed by atoms with Gasteiger partial charge in [0.1, 0.15) is 12.2 Å². The van der Waals surface area contributed by atoms with Crippen LogP contribution in [0.25, 0.3) is 0 Å². The minimum absolute atomic E-state index is 0.171. The second-order valence-corrected chi connectivity index (χ2v) is 9.94. The zero-order valence-corrected chi connectivity index (χ0v) is 19.2. The van der Waals surface area contributed by atoms with Gasteiger partial charge in [-0.25, -0.2) is 13.1 Å². The third kappa shape index (κ3) is 6.17. The number of carbonyl (C=O) groups excluding carboxylic acids is 1. The molecule has 2 fully saturated rings. The van der Waals surface area contributed by atoms with Gasteiger partial charge < -0.3 is 24.3 Å². The number of benzene rings is 2. The van der Waals surface area contributed by atoms with Crippen LogP contribution in [0.4, 0.5) is 0 Å². The molecule has 0 aliphatic carbocycles. The smallest absolute Gasteiger partial charge is 0.217 e. The summed E-state index contributed by atoms with van der Waals surface area (Å²) in [5.41, 5.74) is 1.71. The number of ether oxygens (including phenoxy) is 4. The minimum Gasteiger partial charge on any atom is -0.347 e. The first kappa shape index (κ1) is 23.8. The van der Waals surface area contributed by atoms with Gasteiger partial charge in [0, 0.05) is 12.5 Å². The summed E-state index contributed by atoms with van der Waals surface area (Å²) in [7, 11) is -3.65. The lowest BCUT2D eigenvalue weighted by Gasteiger charge is -2.49. The van der Waals surface area contributed by atoms with E-state index in [0.29, 0.717) is 0 Å². The van der Waals surface area contributed by atoms with Crippen LogP contribution in [0.2, 0.25) is 0 Å². The second kappa shape index (κ2) is 10.3. The fourth-order valence-corrected chi connectivity index (χ4v) is 4.85. The molecule has 0 radical (unpaired) electrons. The van der Waals surface area contributed by atoms with Crippen LogP contribution < -0.4 is 10.0 Å². The molecule has 0 saturated carbocycles. The third-order valence-electron chi connectivity index (χ3n) is 5.45. The molecule has 0 bridgehead atoms. The highest BCUT2D eigenvalue weighted by atomic mass is 32.2. The van der Waals surface area contributed by atoms with Crippen molar-refractivity contribution in [1.29, 1.82) is 0 Å². The van der Waals surface area contributed by atoms with E-state index >= 15 is 0 Å². The summed E-state index contributed by atoms with van der Waals surface area (Å²) in [5.74, 6) is -0.345. The number of hydrogen-bond acceptors (Lipinski definition) is 7. The molecule has 0 aromatic heterocycles. The summed E-state index contributed by atoms with van der Waals surface area (Å²) >= 11 is 0. The Labute approximate surface area is 193 Å². The van der Waals surface area contributed by atoms with Gasteiger partial charge in [-0.15, -0.1) is 0 Å². The van der Waals surface area contributed by atoms with E-state index in [1.54, 1.807) is 0 Å². The van der Waals surface area contributed by atoms with E-state index in [9.17, 15) is 13.2 Å². The van der Waals surface area contributed by atoms with Gasteiger partial charge in [0.2, 0.25) is 15.9 Å². The Balaban J connectivity index is 1.60. The molecule has 2 heterocycles. The maximum Gasteiger partial charge on any atom is 0.217 e. The van der Waals surface area contributed by atoms with Crippen LogP contribution in [0.3, 0.4) is 0 Å². The van der Waals surface area contributed by atoms with Gasteiger partial charge >= 0.3 is 0 Å². The van der Waals surface area contributed by atoms with Crippen molar-refractivity contribution >= 4 is 15.9 Å². The molecular weight excluding hydrogens is 448 g/mol. The van der Waals surface area contributed by atoms with Gasteiger partial charge in [0.05, 0.1) is 31.6 Å². The molecule has 9 nitrogen and oxygen atoms in total. The van der Waals surface area contributed by atoms with E-state index in [-0.39, 0.29) is 19.1 Å². The van der Waals surface area contributed by atoms with Crippen LogP contribution in [0.15, 0.2) is 60.7 Å². The number of carbonyl (C=O) groups is 1. The van der Waals surface area contributed by atoms with E-state index in [0.717, 1.165) is 17.4 Å². The SMILES string of the molecule is CC(=O)NC1C(OCc2ccccc2)OC2COC(c3ccccc3)OC2C1NS(C)(=O)=O. The van der Waals surface area contributed by atoms with Crippen LogP contribution in [0.1, 0.15) is 24.3 Å². The number of nitrogens with one attached hydrogen (secondary N) is 2. The Morgan fingerprint density at radius 3 is 2.33 bits per heavy atom. The standard InChI is InChI=1S/C23H28N2O7S/c1-15(26)24-20-19(25-33(2,27)28)21-18(14-30-22(32-21)17-11-7-4-8-12-17)31-23(20)29-13-16-9-5-3-6-10-16/h3-12,18-23,25H,13-14H2,1-2H3,(H,24,26). The maximum absolute atomic E-state index is 12.3. The van der Waals surface area contributed by atoms with Crippen LogP contribution in [0.5, 0.6) is 0 Å². The Morgan fingerprint density at radius 2 is 1.70 bits per heavy atom. The first-order valence-corrected chi connectivity index (χ1v) is 12.6. The molecule has 0 spiro atoms. The summed E-state index contributed by atoms with van der Waals surface area (Å²) in [5, 5.41) is 2.79. The quantitative estimate of drug-likeness (QED) is 0.622. The van der Waals surface area contributed by atoms with Crippen LogP contribution in [-0.4, -0.2) is 57.8 Å². The molecule has 6 atom stereocenters. The number of hydrogen-bond donors (Lipinski definition) is 2. The molecule has 2 aromatic rings. The fraction of sp³-hybridized carbons (Fsp3) is 0.435. The Bertz CT molecular complexity index is 1040. The summed E-state index contributed by atoms with van der Waals surface area (Å²) in [4.78, 5) is 12.0. The molecule has 2 aliphatic rings. The molecule has 1 amide bonds. The number of sulfonamides is 1. The first-order chi connectivity index (χ1) is 15.8. The summed E-state index contributed by atoms with van der Waals surface area (Å²) < 4.78 is 51.3. The van der Waals surface area contributed by atoms with Crippen LogP contribution >= 0.6 is 0 Å². The molecule has 2 saturated heterocycles. The molecule has 2 N–H and O–H groups in total. The van der Waals surface area contributed by atoms with E-state index in [2.05, 4.69) is 10.0 Å². The van der Waals surface area contributed by atoms with Crippen molar-refractivity contribution in [2.24, 2.45) is 0 Å². The Kier molecular flexibility index (Phi) is 7.42. The molecule has 2 aliphatic heterocycles. The van der Waals surface area contributed by atoms with E-state index < -0.39 is 46.9 Å². The van der Waals surface area contributed by atoms with Gasteiger partial charge in [-0.3, -0.25) is 4.79 Å². The minimum atomic E-state index is -3.65. The van der Waals surface area contributed by atoms with Crippen LogP contribution in [-0.2, 0) is 40.4 Å². The number of fused-ring (bicyclic) bond motifs is 1. The monoisotopic (exact) mass is 476 g/mol. The highest BCUT2D eigenvalue weighted by molar-refractivity contribution is 7.88. The lowest BCUT2D eigenvalue weighted by molar-refractivity contribution is -0.329. The highest BCUT2D eigenvalue weighted by Gasteiger charge is 2.51. The van der Waals surface area contributed by atoms with Gasteiger partial charge in [-0.2, -0.15) is 0 Å². The Hall–Kier alpha value is -2.34. The van der Waals surface area contributed by atoms with Crippen molar-refractivity contribution in [3.63, 3.8) is 0 Å². The van der Waals surface area contributed by atoms with Crippen LogP contribution in [0, 0.1) is 0 Å². The van der Waals surface area contributed by atoms with Crippen molar-refractivity contribution in [1.82, 2.24) is 10.0 Å². The topological polar surface area (TPSA) is 112 Å².